The topological polar surface area (TPSA) is 3.24 Å². The number of anilines is 1. The monoisotopic (exact) mass is 377 g/mol. The van der Waals surface area contributed by atoms with Gasteiger partial charge >= 0.3 is 0 Å². The molecule has 0 bridgehead atoms. The molecule has 2 aromatic rings. The molecule has 2 nitrogen and oxygen atoms in total. The van der Waals surface area contributed by atoms with Crippen LogP contribution < -0.4 is 4.90 Å². The molecular formula is C26H37N2+. The van der Waals surface area contributed by atoms with Gasteiger partial charge in [-0.05, 0) is 69.2 Å². The lowest BCUT2D eigenvalue weighted by molar-refractivity contribution is -0.953. The van der Waals surface area contributed by atoms with Crippen molar-refractivity contribution in [2.75, 3.05) is 31.1 Å². The SMILES string of the molecule is CC[N+]1(CC)CCCCC1CCN(c1ccccc1)C1Cc2ccccc2C1. The van der Waals surface area contributed by atoms with Crippen LogP contribution in [0.3, 0.4) is 0 Å². The Bertz CT molecular complexity index is 725. The van der Waals surface area contributed by atoms with Gasteiger partial charge in [-0.1, -0.05) is 42.5 Å². The number of quaternary nitrogens is 1. The van der Waals surface area contributed by atoms with Gasteiger partial charge in [-0.15, -0.1) is 0 Å². The first-order chi connectivity index (χ1) is 13.8. The Morgan fingerprint density at radius 2 is 1.50 bits per heavy atom. The fourth-order valence-electron chi connectivity index (χ4n) is 5.92. The van der Waals surface area contributed by atoms with Crippen molar-refractivity contribution < 1.29 is 4.48 Å². The molecule has 150 valence electrons. The summed E-state index contributed by atoms with van der Waals surface area (Å²) in [5.74, 6) is 0. The van der Waals surface area contributed by atoms with Crippen LogP contribution in [-0.4, -0.2) is 42.7 Å². The summed E-state index contributed by atoms with van der Waals surface area (Å²) in [5.41, 5.74) is 4.51. The number of fused-ring (bicyclic) bond motifs is 1. The number of piperidine rings is 1. The van der Waals surface area contributed by atoms with Crippen molar-refractivity contribution in [1.29, 1.82) is 0 Å². The van der Waals surface area contributed by atoms with Crippen molar-refractivity contribution in [1.82, 2.24) is 0 Å². The van der Waals surface area contributed by atoms with Gasteiger partial charge in [0.15, 0.2) is 0 Å². The number of benzene rings is 2. The smallest absolute Gasteiger partial charge is 0.0907 e. The maximum atomic E-state index is 2.73. The highest BCUT2D eigenvalue weighted by atomic mass is 15.4. The highest BCUT2D eigenvalue weighted by Gasteiger charge is 2.37. The van der Waals surface area contributed by atoms with Crippen LogP contribution >= 0.6 is 0 Å². The van der Waals surface area contributed by atoms with E-state index < -0.39 is 0 Å². The van der Waals surface area contributed by atoms with E-state index in [9.17, 15) is 0 Å². The van der Waals surface area contributed by atoms with E-state index in [4.69, 9.17) is 0 Å². The number of nitrogens with zero attached hydrogens (tertiary/aromatic N) is 2. The maximum absolute atomic E-state index is 2.73. The van der Waals surface area contributed by atoms with Gasteiger partial charge in [0.2, 0.25) is 0 Å². The molecule has 0 saturated carbocycles. The van der Waals surface area contributed by atoms with Gasteiger partial charge in [0.1, 0.15) is 0 Å². The van der Waals surface area contributed by atoms with E-state index in [1.54, 1.807) is 11.1 Å². The molecule has 1 fully saturated rings. The van der Waals surface area contributed by atoms with E-state index in [2.05, 4.69) is 73.3 Å². The first-order valence-electron chi connectivity index (χ1n) is 11.5. The quantitative estimate of drug-likeness (QED) is 0.579. The zero-order chi connectivity index (χ0) is 19.4. The summed E-state index contributed by atoms with van der Waals surface area (Å²) in [6.07, 6.45) is 7.95. The van der Waals surface area contributed by atoms with Gasteiger partial charge in [0.05, 0.1) is 25.7 Å². The second kappa shape index (κ2) is 8.69. The van der Waals surface area contributed by atoms with Crippen molar-refractivity contribution in [3.63, 3.8) is 0 Å². The fourth-order valence-corrected chi connectivity index (χ4v) is 5.92. The lowest BCUT2D eigenvalue weighted by Gasteiger charge is -2.47. The van der Waals surface area contributed by atoms with Gasteiger partial charge in [0, 0.05) is 24.7 Å². The van der Waals surface area contributed by atoms with Crippen LogP contribution in [0.1, 0.15) is 50.7 Å². The van der Waals surface area contributed by atoms with Crippen LogP contribution in [0.15, 0.2) is 54.6 Å². The maximum Gasteiger partial charge on any atom is 0.0907 e. The lowest BCUT2D eigenvalue weighted by atomic mass is 9.94. The summed E-state index contributed by atoms with van der Waals surface area (Å²) in [7, 11) is 0. The molecule has 1 atom stereocenters. The molecule has 0 N–H and O–H groups in total. The van der Waals surface area contributed by atoms with E-state index in [0.29, 0.717) is 6.04 Å². The van der Waals surface area contributed by atoms with Gasteiger partial charge in [-0.3, -0.25) is 0 Å². The Kier molecular flexibility index (Phi) is 6.06. The van der Waals surface area contributed by atoms with Gasteiger partial charge in [-0.25, -0.2) is 0 Å². The molecular weight excluding hydrogens is 340 g/mol. The summed E-state index contributed by atoms with van der Waals surface area (Å²) < 4.78 is 1.34. The summed E-state index contributed by atoms with van der Waals surface area (Å²) in [5, 5.41) is 0. The highest BCUT2D eigenvalue weighted by molar-refractivity contribution is 5.49. The van der Waals surface area contributed by atoms with E-state index in [1.807, 2.05) is 0 Å². The summed E-state index contributed by atoms with van der Waals surface area (Å²) in [6.45, 7) is 9.97. The Labute approximate surface area is 171 Å². The summed E-state index contributed by atoms with van der Waals surface area (Å²) in [6, 6.07) is 21.7. The normalized spacial score (nSPS) is 21.4. The van der Waals surface area contributed by atoms with Gasteiger partial charge in [0.25, 0.3) is 0 Å². The molecule has 1 aliphatic carbocycles. The zero-order valence-electron chi connectivity index (χ0n) is 17.8. The van der Waals surface area contributed by atoms with Crippen molar-refractivity contribution in [2.45, 2.75) is 64.5 Å². The number of hydrogen-bond acceptors (Lipinski definition) is 1. The predicted molar refractivity (Wildman–Crippen MR) is 120 cm³/mol. The molecule has 0 radical (unpaired) electrons. The number of rotatable bonds is 7. The second-order valence-electron chi connectivity index (χ2n) is 8.87. The number of para-hydroxylation sites is 1. The van der Waals surface area contributed by atoms with E-state index in [-0.39, 0.29) is 0 Å². The second-order valence-corrected chi connectivity index (χ2v) is 8.87. The fraction of sp³-hybridized carbons (Fsp3) is 0.538. The van der Waals surface area contributed by atoms with Crippen LogP contribution in [-0.2, 0) is 12.8 Å². The standard InChI is InChI=1S/C26H37N2/c1-3-28(4-2)19-11-10-16-26(28)17-18-27(24-14-6-5-7-15-24)25-20-22-12-8-9-13-23(22)21-25/h5-9,12-15,25-26H,3-4,10-11,16-21H2,1-2H3/q+1. The average molecular weight is 378 g/mol. The Hall–Kier alpha value is -1.80. The Balaban J connectivity index is 1.52. The lowest BCUT2D eigenvalue weighted by Crippen LogP contribution is -2.58. The molecule has 0 spiro atoms. The highest BCUT2D eigenvalue weighted by Crippen LogP contribution is 2.32. The third-order valence-corrected chi connectivity index (χ3v) is 7.69. The third-order valence-electron chi connectivity index (χ3n) is 7.69. The summed E-state index contributed by atoms with van der Waals surface area (Å²) >= 11 is 0. The van der Waals surface area contributed by atoms with Crippen LogP contribution in [0.4, 0.5) is 5.69 Å². The molecule has 4 rings (SSSR count). The molecule has 0 aromatic heterocycles. The summed E-state index contributed by atoms with van der Waals surface area (Å²) in [4.78, 5) is 2.73. The first kappa shape index (κ1) is 19.5. The van der Waals surface area contributed by atoms with Gasteiger partial charge in [-0.2, -0.15) is 0 Å². The minimum Gasteiger partial charge on any atom is -0.368 e. The molecule has 28 heavy (non-hydrogen) atoms. The minimum absolute atomic E-state index is 0.605. The van der Waals surface area contributed by atoms with E-state index >= 15 is 0 Å². The molecule has 0 amide bonds. The van der Waals surface area contributed by atoms with Crippen molar-refractivity contribution in [3.8, 4) is 0 Å². The van der Waals surface area contributed by atoms with Crippen molar-refractivity contribution in [3.05, 3.63) is 65.7 Å². The van der Waals surface area contributed by atoms with Crippen molar-refractivity contribution >= 4 is 5.69 Å². The largest absolute Gasteiger partial charge is 0.368 e. The third kappa shape index (κ3) is 3.85. The van der Waals surface area contributed by atoms with Crippen LogP contribution in [0, 0.1) is 0 Å². The molecule has 1 heterocycles. The number of likely N-dealkylation sites (tertiary alicyclic amines) is 1. The van der Waals surface area contributed by atoms with Crippen LogP contribution in [0.5, 0.6) is 0 Å². The molecule has 1 unspecified atom stereocenters. The average Bonchev–Trinajstić information content (AvgIpc) is 3.19. The minimum atomic E-state index is 0.605. The molecule has 1 saturated heterocycles. The number of hydrogen-bond donors (Lipinski definition) is 0. The predicted octanol–water partition coefficient (Wildman–Crippen LogP) is 5.46. The molecule has 2 heteroatoms. The van der Waals surface area contributed by atoms with E-state index in [1.165, 1.54) is 74.9 Å². The molecule has 1 aliphatic heterocycles. The van der Waals surface area contributed by atoms with Gasteiger partial charge < -0.3 is 9.38 Å². The van der Waals surface area contributed by atoms with Crippen molar-refractivity contribution in [2.24, 2.45) is 0 Å². The molecule has 2 aromatic carbocycles. The Morgan fingerprint density at radius 3 is 2.14 bits per heavy atom. The van der Waals surface area contributed by atoms with Crippen LogP contribution in [0.2, 0.25) is 0 Å². The first-order valence-corrected chi connectivity index (χ1v) is 11.5. The molecule has 2 aliphatic rings. The van der Waals surface area contributed by atoms with E-state index in [0.717, 1.165) is 6.04 Å². The van der Waals surface area contributed by atoms with Crippen LogP contribution in [0.25, 0.3) is 0 Å². The zero-order valence-corrected chi connectivity index (χ0v) is 17.8. The Morgan fingerprint density at radius 1 is 0.857 bits per heavy atom.